The first-order valence-corrected chi connectivity index (χ1v) is 6.08. The van der Waals surface area contributed by atoms with Crippen molar-refractivity contribution in [3.8, 4) is 5.75 Å². The van der Waals surface area contributed by atoms with Crippen molar-refractivity contribution < 1.29 is 9.90 Å². The maximum atomic E-state index is 11.8. The van der Waals surface area contributed by atoms with Crippen LogP contribution in [0.3, 0.4) is 0 Å². The van der Waals surface area contributed by atoms with Crippen molar-refractivity contribution in [1.29, 1.82) is 0 Å². The van der Waals surface area contributed by atoms with E-state index in [0.29, 0.717) is 13.1 Å². The number of phenolic OH excluding ortho intramolecular Hbond substituents is 1. The zero-order chi connectivity index (χ0) is 13.1. The highest BCUT2D eigenvalue weighted by Crippen LogP contribution is 2.21. The van der Waals surface area contributed by atoms with Crippen LogP contribution in [0.15, 0.2) is 24.3 Å². The van der Waals surface area contributed by atoms with Crippen molar-refractivity contribution in [3.63, 3.8) is 0 Å². The van der Waals surface area contributed by atoms with Crippen LogP contribution in [0.5, 0.6) is 5.75 Å². The van der Waals surface area contributed by atoms with E-state index < -0.39 is 0 Å². The minimum Gasteiger partial charge on any atom is -0.508 e. The smallest absolute Gasteiger partial charge is 0.319 e. The van der Waals surface area contributed by atoms with Gasteiger partial charge in [0.05, 0.1) is 0 Å². The summed E-state index contributed by atoms with van der Waals surface area (Å²) < 4.78 is 0. The predicted molar refractivity (Wildman–Crippen MR) is 71.0 cm³/mol. The fraction of sp³-hybridized carbons (Fsp3) is 0.462. The maximum Gasteiger partial charge on any atom is 0.319 e. The van der Waals surface area contributed by atoms with Gasteiger partial charge in [0.15, 0.2) is 0 Å². The monoisotopic (exact) mass is 249 g/mol. The number of benzene rings is 1. The largest absolute Gasteiger partial charge is 0.508 e. The molecule has 0 aliphatic carbocycles. The lowest BCUT2D eigenvalue weighted by molar-refractivity contribution is 0.168. The number of phenols is 1. The van der Waals surface area contributed by atoms with E-state index in [9.17, 15) is 9.90 Å². The number of urea groups is 1. The van der Waals surface area contributed by atoms with E-state index in [1.165, 1.54) is 0 Å². The second kappa shape index (κ2) is 5.16. The molecule has 1 aromatic carbocycles. The first-order chi connectivity index (χ1) is 8.58. The number of amides is 2. The van der Waals surface area contributed by atoms with Gasteiger partial charge in [0.1, 0.15) is 5.75 Å². The first kappa shape index (κ1) is 12.5. The highest BCUT2D eigenvalue weighted by Gasteiger charge is 2.22. The molecule has 0 aromatic heterocycles. The average molecular weight is 249 g/mol. The molecule has 5 nitrogen and oxygen atoms in total. The van der Waals surface area contributed by atoms with Crippen LogP contribution in [0.25, 0.3) is 0 Å². The Morgan fingerprint density at radius 2 is 1.89 bits per heavy atom. The van der Waals surface area contributed by atoms with Crippen LogP contribution in [0.2, 0.25) is 0 Å². The molecular formula is C13H19N3O2. The number of hydrogen-bond donors (Lipinski definition) is 1. The van der Waals surface area contributed by atoms with Crippen molar-refractivity contribution in [2.45, 2.75) is 0 Å². The van der Waals surface area contributed by atoms with Gasteiger partial charge in [0.2, 0.25) is 0 Å². The molecule has 1 aromatic rings. The molecule has 5 heteroatoms. The molecule has 1 N–H and O–H groups in total. The third kappa shape index (κ3) is 2.67. The van der Waals surface area contributed by atoms with Gasteiger partial charge in [-0.25, -0.2) is 4.79 Å². The first-order valence-electron chi connectivity index (χ1n) is 6.08. The summed E-state index contributed by atoms with van der Waals surface area (Å²) in [5.41, 5.74) is 1.01. The van der Waals surface area contributed by atoms with Crippen LogP contribution < -0.4 is 4.90 Å². The van der Waals surface area contributed by atoms with Gasteiger partial charge < -0.3 is 19.8 Å². The van der Waals surface area contributed by atoms with Gasteiger partial charge in [-0.2, -0.15) is 0 Å². The summed E-state index contributed by atoms with van der Waals surface area (Å²) in [4.78, 5) is 17.4. The van der Waals surface area contributed by atoms with Gasteiger partial charge in [-0.3, -0.25) is 0 Å². The fourth-order valence-electron chi connectivity index (χ4n) is 2.13. The van der Waals surface area contributed by atoms with Gasteiger partial charge in [0, 0.05) is 52.0 Å². The van der Waals surface area contributed by atoms with Crippen molar-refractivity contribution in [2.75, 3.05) is 45.2 Å². The molecule has 0 saturated carbocycles. The predicted octanol–water partition coefficient (Wildman–Crippen LogP) is 1.20. The van der Waals surface area contributed by atoms with E-state index in [1.807, 2.05) is 17.0 Å². The van der Waals surface area contributed by atoms with Gasteiger partial charge >= 0.3 is 6.03 Å². The Kier molecular flexibility index (Phi) is 3.60. The normalized spacial score (nSPS) is 15.7. The molecule has 0 bridgehead atoms. The second-order valence-corrected chi connectivity index (χ2v) is 4.67. The summed E-state index contributed by atoms with van der Waals surface area (Å²) in [5.74, 6) is 0.277. The van der Waals surface area contributed by atoms with Crippen LogP contribution in [0.1, 0.15) is 0 Å². The van der Waals surface area contributed by atoms with E-state index in [-0.39, 0.29) is 11.8 Å². The Balaban J connectivity index is 1.96. The summed E-state index contributed by atoms with van der Waals surface area (Å²) in [6, 6.07) is 7.29. The number of rotatable bonds is 1. The van der Waals surface area contributed by atoms with E-state index in [1.54, 1.807) is 31.1 Å². The summed E-state index contributed by atoms with van der Waals surface area (Å²) in [6.07, 6.45) is 0. The summed E-state index contributed by atoms with van der Waals surface area (Å²) in [7, 11) is 3.54. The summed E-state index contributed by atoms with van der Waals surface area (Å²) in [6.45, 7) is 3.02. The molecule has 2 amide bonds. The lowest BCUT2D eigenvalue weighted by Crippen LogP contribution is -2.51. The summed E-state index contributed by atoms with van der Waals surface area (Å²) >= 11 is 0. The molecule has 1 saturated heterocycles. The van der Waals surface area contributed by atoms with Crippen molar-refractivity contribution in [1.82, 2.24) is 9.80 Å². The SMILES string of the molecule is CN(C)C(=O)N1CCN(c2cccc(O)c2)CC1. The number of carbonyl (C=O) groups is 1. The Bertz CT molecular complexity index is 426. The molecule has 2 rings (SSSR count). The molecule has 0 unspecified atom stereocenters. The zero-order valence-electron chi connectivity index (χ0n) is 10.8. The van der Waals surface area contributed by atoms with E-state index in [2.05, 4.69) is 4.90 Å². The Morgan fingerprint density at radius 3 is 2.44 bits per heavy atom. The molecule has 1 aliphatic rings. The molecule has 18 heavy (non-hydrogen) atoms. The molecule has 1 heterocycles. The van der Waals surface area contributed by atoms with Crippen LogP contribution in [-0.2, 0) is 0 Å². The summed E-state index contributed by atoms with van der Waals surface area (Å²) in [5, 5.41) is 9.46. The molecular weight excluding hydrogens is 230 g/mol. The molecule has 98 valence electrons. The average Bonchev–Trinajstić information content (AvgIpc) is 2.38. The van der Waals surface area contributed by atoms with Crippen LogP contribution >= 0.6 is 0 Å². The quantitative estimate of drug-likeness (QED) is 0.813. The Labute approximate surface area is 107 Å². The Morgan fingerprint density at radius 1 is 1.22 bits per heavy atom. The van der Waals surface area contributed by atoms with Crippen molar-refractivity contribution in [2.24, 2.45) is 0 Å². The Hall–Kier alpha value is -1.91. The lowest BCUT2D eigenvalue weighted by Gasteiger charge is -2.37. The third-order valence-electron chi connectivity index (χ3n) is 3.13. The van der Waals surface area contributed by atoms with Gasteiger partial charge in [0.25, 0.3) is 0 Å². The molecule has 0 radical (unpaired) electrons. The standard InChI is InChI=1S/C13H19N3O2/c1-14(2)13(18)16-8-6-15(7-9-16)11-4-3-5-12(17)10-11/h3-5,10,17H,6-9H2,1-2H3. The number of aromatic hydroxyl groups is 1. The molecule has 1 aliphatic heterocycles. The number of hydrogen-bond acceptors (Lipinski definition) is 3. The third-order valence-corrected chi connectivity index (χ3v) is 3.13. The second-order valence-electron chi connectivity index (χ2n) is 4.67. The molecule has 1 fully saturated rings. The van der Waals surface area contributed by atoms with Gasteiger partial charge in [-0.1, -0.05) is 6.07 Å². The van der Waals surface area contributed by atoms with Crippen LogP contribution in [0, 0.1) is 0 Å². The number of carbonyl (C=O) groups excluding carboxylic acids is 1. The molecule has 0 spiro atoms. The maximum absolute atomic E-state index is 11.8. The minimum atomic E-state index is 0.0607. The van der Waals surface area contributed by atoms with Gasteiger partial charge in [-0.05, 0) is 12.1 Å². The number of anilines is 1. The lowest BCUT2D eigenvalue weighted by atomic mass is 10.2. The highest BCUT2D eigenvalue weighted by molar-refractivity contribution is 5.74. The number of nitrogens with zero attached hydrogens (tertiary/aromatic N) is 3. The van der Waals surface area contributed by atoms with E-state index >= 15 is 0 Å². The van der Waals surface area contributed by atoms with Crippen LogP contribution in [0.4, 0.5) is 10.5 Å². The topological polar surface area (TPSA) is 47.0 Å². The van der Waals surface area contributed by atoms with Gasteiger partial charge in [-0.15, -0.1) is 0 Å². The number of piperazine rings is 1. The zero-order valence-corrected chi connectivity index (χ0v) is 10.8. The minimum absolute atomic E-state index is 0.0607. The van der Waals surface area contributed by atoms with E-state index in [0.717, 1.165) is 18.8 Å². The molecule has 0 atom stereocenters. The van der Waals surface area contributed by atoms with Crippen molar-refractivity contribution in [3.05, 3.63) is 24.3 Å². The fourth-order valence-corrected chi connectivity index (χ4v) is 2.13. The van der Waals surface area contributed by atoms with Crippen molar-refractivity contribution >= 4 is 11.7 Å². The van der Waals surface area contributed by atoms with Crippen LogP contribution in [-0.4, -0.2) is 61.2 Å². The van der Waals surface area contributed by atoms with E-state index in [4.69, 9.17) is 0 Å². The highest BCUT2D eigenvalue weighted by atomic mass is 16.3.